The minimum Gasteiger partial charge on any atom is -0.422 e. The smallest absolute Gasteiger partial charge is 0.349 e. The van der Waals surface area contributed by atoms with Crippen LogP contribution in [0.1, 0.15) is 28.9 Å². The van der Waals surface area contributed by atoms with Crippen LogP contribution in [0.15, 0.2) is 63.8 Å². The van der Waals surface area contributed by atoms with Crippen molar-refractivity contribution < 1.29 is 9.21 Å². The van der Waals surface area contributed by atoms with Gasteiger partial charge in [-0.15, -0.1) is 0 Å². The quantitative estimate of drug-likeness (QED) is 0.741. The molecule has 0 radical (unpaired) electrons. The van der Waals surface area contributed by atoms with Gasteiger partial charge in [-0.2, -0.15) is 0 Å². The lowest BCUT2D eigenvalue weighted by Crippen LogP contribution is -2.30. The van der Waals surface area contributed by atoms with Gasteiger partial charge in [-0.3, -0.25) is 4.79 Å². The second kappa shape index (κ2) is 6.26. The predicted octanol–water partition coefficient (Wildman–Crippen LogP) is 3.94. The van der Waals surface area contributed by atoms with Crippen molar-refractivity contribution in [2.24, 2.45) is 0 Å². The number of amides is 1. The molecule has 0 saturated heterocycles. The molecular weight excluding hydrogens is 314 g/mol. The summed E-state index contributed by atoms with van der Waals surface area (Å²) in [6, 6.07) is 15.5. The minimum atomic E-state index is -0.649. The van der Waals surface area contributed by atoms with Gasteiger partial charge >= 0.3 is 5.63 Å². The Kier molecular flexibility index (Phi) is 4.17. The maximum Gasteiger partial charge on any atom is 0.349 e. The van der Waals surface area contributed by atoms with E-state index in [4.69, 9.17) is 16.0 Å². The van der Waals surface area contributed by atoms with Crippen LogP contribution in [-0.2, 0) is 0 Å². The normalized spacial score (nSPS) is 12.1. The summed E-state index contributed by atoms with van der Waals surface area (Å²) in [7, 11) is 0. The number of hydrogen-bond acceptors (Lipinski definition) is 3. The van der Waals surface area contributed by atoms with Gasteiger partial charge < -0.3 is 9.73 Å². The molecule has 4 nitrogen and oxygen atoms in total. The number of nitrogens with one attached hydrogen (secondary N) is 1. The van der Waals surface area contributed by atoms with E-state index in [1.165, 1.54) is 0 Å². The van der Waals surface area contributed by atoms with E-state index in [-0.39, 0.29) is 11.6 Å². The molecule has 1 aromatic heterocycles. The second-order valence-corrected chi connectivity index (χ2v) is 5.67. The molecule has 5 heteroatoms. The summed E-state index contributed by atoms with van der Waals surface area (Å²) < 4.78 is 5.18. The van der Waals surface area contributed by atoms with Crippen LogP contribution < -0.4 is 10.9 Å². The molecule has 0 fully saturated rings. The van der Waals surface area contributed by atoms with Crippen LogP contribution in [0.5, 0.6) is 0 Å². The highest BCUT2D eigenvalue weighted by molar-refractivity contribution is 6.30. The fourth-order valence-corrected chi connectivity index (χ4v) is 2.46. The number of fused-ring (bicyclic) bond motifs is 1. The standard InChI is InChI=1S/C18H14ClNO3/c1-11(12-6-8-14(19)9-7-12)20-17(21)15-10-13-4-2-3-5-16(13)23-18(15)22/h2-11H,1H3,(H,20,21). The summed E-state index contributed by atoms with van der Waals surface area (Å²) in [5.41, 5.74) is 0.696. The van der Waals surface area contributed by atoms with Crippen LogP contribution in [0.25, 0.3) is 11.0 Å². The highest BCUT2D eigenvalue weighted by Gasteiger charge is 2.16. The third-order valence-corrected chi connectivity index (χ3v) is 3.86. The number of carbonyl (C=O) groups excluding carboxylic acids is 1. The molecular formula is C18H14ClNO3. The number of benzene rings is 2. The Bertz CT molecular complexity index is 915. The Morgan fingerprint density at radius 1 is 1.13 bits per heavy atom. The zero-order chi connectivity index (χ0) is 16.4. The average molecular weight is 328 g/mol. The van der Waals surface area contributed by atoms with Crippen molar-refractivity contribution in [1.29, 1.82) is 0 Å². The van der Waals surface area contributed by atoms with E-state index in [9.17, 15) is 9.59 Å². The summed E-state index contributed by atoms with van der Waals surface area (Å²) in [6.07, 6.45) is 0. The molecule has 116 valence electrons. The number of carbonyl (C=O) groups is 1. The van der Waals surface area contributed by atoms with Crippen LogP contribution in [0.2, 0.25) is 5.02 Å². The Labute approximate surface area is 137 Å². The minimum absolute atomic E-state index is 0.00971. The zero-order valence-corrected chi connectivity index (χ0v) is 13.1. The summed E-state index contributed by atoms with van der Waals surface area (Å²) in [4.78, 5) is 24.4. The van der Waals surface area contributed by atoms with Gasteiger partial charge in [0.1, 0.15) is 11.1 Å². The zero-order valence-electron chi connectivity index (χ0n) is 12.4. The van der Waals surface area contributed by atoms with Gasteiger partial charge in [0, 0.05) is 10.4 Å². The maximum absolute atomic E-state index is 12.4. The van der Waals surface area contributed by atoms with E-state index in [1.807, 2.05) is 25.1 Å². The van der Waals surface area contributed by atoms with E-state index in [0.717, 1.165) is 5.56 Å². The summed E-state index contributed by atoms with van der Waals surface area (Å²) >= 11 is 5.85. The Hall–Kier alpha value is -2.59. The first kappa shape index (κ1) is 15.3. The van der Waals surface area contributed by atoms with Gasteiger partial charge in [0.15, 0.2) is 0 Å². The van der Waals surface area contributed by atoms with E-state index >= 15 is 0 Å². The van der Waals surface area contributed by atoms with Crippen molar-refractivity contribution in [3.63, 3.8) is 0 Å². The number of hydrogen-bond donors (Lipinski definition) is 1. The lowest BCUT2D eigenvalue weighted by Gasteiger charge is -2.14. The van der Waals surface area contributed by atoms with E-state index in [1.54, 1.807) is 36.4 Å². The third-order valence-electron chi connectivity index (χ3n) is 3.60. The van der Waals surface area contributed by atoms with Gasteiger partial charge in [-0.1, -0.05) is 41.9 Å². The molecule has 1 amide bonds. The number of halogens is 1. The molecule has 0 aliphatic heterocycles. The molecule has 1 N–H and O–H groups in total. The SMILES string of the molecule is CC(NC(=O)c1cc2ccccc2oc1=O)c1ccc(Cl)cc1. The first-order valence-corrected chi connectivity index (χ1v) is 7.51. The van der Waals surface area contributed by atoms with Crippen LogP contribution in [0.3, 0.4) is 0 Å². The second-order valence-electron chi connectivity index (χ2n) is 5.23. The molecule has 2 aromatic carbocycles. The summed E-state index contributed by atoms with van der Waals surface area (Å²) in [6.45, 7) is 1.84. The lowest BCUT2D eigenvalue weighted by molar-refractivity contribution is 0.0936. The van der Waals surface area contributed by atoms with Crippen molar-refractivity contribution in [2.75, 3.05) is 0 Å². The topological polar surface area (TPSA) is 59.3 Å². The Morgan fingerprint density at radius 2 is 1.83 bits per heavy atom. The molecule has 0 aliphatic carbocycles. The molecule has 3 rings (SSSR count). The van der Waals surface area contributed by atoms with Crippen molar-refractivity contribution in [3.8, 4) is 0 Å². The van der Waals surface area contributed by atoms with Crippen molar-refractivity contribution in [2.45, 2.75) is 13.0 Å². The van der Waals surface area contributed by atoms with E-state index in [0.29, 0.717) is 16.0 Å². The fourth-order valence-electron chi connectivity index (χ4n) is 2.33. The lowest BCUT2D eigenvalue weighted by atomic mass is 10.1. The monoisotopic (exact) mass is 327 g/mol. The van der Waals surface area contributed by atoms with Gasteiger partial charge in [0.25, 0.3) is 5.91 Å². The van der Waals surface area contributed by atoms with Gasteiger partial charge in [-0.25, -0.2) is 4.79 Å². The van der Waals surface area contributed by atoms with E-state index in [2.05, 4.69) is 5.32 Å². The van der Waals surface area contributed by atoms with E-state index < -0.39 is 11.5 Å². The summed E-state index contributed by atoms with van der Waals surface area (Å²) in [5, 5.41) is 4.13. The highest BCUT2D eigenvalue weighted by Crippen LogP contribution is 2.17. The molecule has 3 aromatic rings. The summed E-state index contributed by atoms with van der Waals surface area (Å²) in [5.74, 6) is -0.466. The Morgan fingerprint density at radius 3 is 2.57 bits per heavy atom. The van der Waals surface area contributed by atoms with Crippen molar-refractivity contribution >= 4 is 28.5 Å². The van der Waals surface area contributed by atoms with Gasteiger partial charge in [0.05, 0.1) is 6.04 Å². The number of rotatable bonds is 3. The molecule has 0 saturated carbocycles. The van der Waals surface area contributed by atoms with Crippen LogP contribution in [0, 0.1) is 0 Å². The van der Waals surface area contributed by atoms with Crippen molar-refractivity contribution in [1.82, 2.24) is 5.32 Å². The van der Waals surface area contributed by atoms with Gasteiger partial charge in [0.2, 0.25) is 0 Å². The molecule has 0 aliphatic rings. The molecule has 1 atom stereocenters. The van der Waals surface area contributed by atoms with Gasteiger partial charge in [-0.05, 0) is 36.8 Å². The largest absolute Gasteiger partial charge is 0.422 e. The Balaban J connectivity index is 1.87. The molecule has 1 heterocycles. The molecule has 1 unspecified atom stereocenters. The molecule has 23 heavy (non-hydrogen) atoms. The molecule has 0 bridgehead atoms. The first-order chi connectivity index (χ1) is 11.0. The molecule has 0 spiro atoms. The van der Waals surface area contributed by atoms with Crippen LogP contribution in [0.4, 0.5) is 0 Å². The van der Waals surface area contributed by atoms with Crippen LogP contribution in [-0.4, -0.2) is 5.91 Å². The first-order valence-electron chi connectivity index (χ1n) is 7.14. The van der Waals surface area contributed by atoms with Crippen molar-refractivity contribution in [3.05, 3.63) is 81.2 Å². The predicted molar refractivity (Wildman–Crippen MR) is 89.8 cm³/mol. The fraction of sp³-hybridized carbons (Fsp3) is 0.111. The number of para-hydroxylation sites is 1. The highest BCUT2D eigenvalue weighted by atomic mass is 35.5. The average Bonchev–Trinajstić information content (AvgIpc) is 2.54. The maximum atomic E-state index is 12.4. The van der Waals surface area contributed by atoms with Crippen LogP contribution >= 0.6 is 11.6 Å². The third kappa shape index (κ3) is 3.27.